The van der Waals surface area contributed by atoms with Crippen molar-refractivity contribution in [1.82, 2.24) is 0 Å². The Balaban J connectivity index is 0.00000169. The van der Waals surface area contributed by atoms with Crippen molar-refractivity contribution in [1.29, 1.82) is 0 Å². The molecular weight excluding hydrogens is 224 g/mol. The zero-order chi connectivity index (χ0) is 9.52. The molecule has 1 rings (SSSR count). The van der Waals surface area contributed by atoms with Gasteiger partial charge < -0.3 is 5.11 Å². The molecule has 1 aromatic rings. The van der Waals surface area contributed by atoms with E-state index in [1.807, 2.05) is 30.3 Å². The third-order valence-corrected chi connectivity index (χ3v) is 2.27. The monoisotopic (exact) mass is 241 g/mol. The van der Waals surface area contributed by atoms with Crippen LogP contribution in [0.2, 0.25) is 0 Å². The van der Waals surface area contributed by atoms with E-state index in [2.05, 4.69) is 6.92 Å². The van der Waals surface area contributed by atoms with Crippen molar-refractivity contribution < 1.29 is 22.2 Å². The minimum Gasteiger partial charge on any atom is -0.388 e. The summed E-state index contributed by atoms with van der Waals surface area (Å²) in [7, 11) is 0. The van der Waals surface area contributed by atoms with Gasteiger partial charge in [-0.05, 0) is 12.0 Å². The van der Waals surface area contributed by atoms with E-state index < -0.39 is 0 Å². The Kier molecular flexibility index (Phi) is 7.87. The second-order valence-electron chi connectivity index (χ2n) is 3.42. The predicted molar refractivity (Wildman–Crippen MR) is 55.5 cm³/mol. The Labute approximate surface area is 97.0 Å². The molecular formula is C12H18CuO. The molecule has 0 saturated heterocycles. The van der Waals surface area contributed by atoms with E-state index in [1.165, 1.54) is 12.8 Å². The molecule has 14 heavy (non-hydrogen) atoms. The van der Waals surface area contributed by atoms with Gasteiger partial charge in [0.1, 0.15) is 0 Å². The molecule has 1 aromatic carbocycles. The van der Waals surface area contributed by atoms with Gasteiger partial charge in [0.05, 0.1) is 6.10 Å². The number of rotatable bonds is 5. The van der Waals surface area contributed by atoms with E-state index in [1.54, 1.807) is 0 Å². The first-order valence-electron chi connectivity index (χ1n) is 5.07. The molecule has 0 amide bonds. The largest absolute Gasteiger partial charge is 0.388 e. The molecule has 1 radical (unpaired) electrons. The minimum absolute atomic E-state index is 0. The zero-order valence-electron chi connectivity index (χ0n) is 8.54. The van der Waals surface area contributed by atoms with Gasteiger partial charge in [-0.2, -0.15) is 0 Å². The zero-order valence-corrected chi connectivity index (χ0v) is 9.48. The average molecular weight is 242 g/mol. The van der Waals surface area contributed by atoms with E-state index >= 15 is 0 Å². The summed E-state index contributed by atoms with van der Waals surface area (Å²) in [5, 5.41) is 9.75. The molecule has 0 saturated carbocycles. The van der Waals surface area contributed by atoms with Crippen LogP contribution in [-0.2, 0) is 17.1 Å². The predicted octanol–water partition coefficient (Wildman–Crippen LogP) is 3.30. The van der Waals surface area contributed by atoms with Crippen LogP contribution in [0.1, 0.15) is 44.3 Å². The minimum atomic E-state index is -0.271. The van der Waals surface area contributed by atoms with Crippen molar-refractivity contribution in [3.63, 3.8) is 0 Å². The third-order valence-electron chi connectivity index (χ3n) is 2.27. The summed E-state index contributed by atoms with van der Waals surface area (Å²) in [4.78, 5) is 0. The SMILES string of the molecule is CCCCCC(O)c1ccccc1.[Cu]. The Bertz CT molecular complexity index is 223. The van der Waals surface area contributed by atoms with Gasteiger partial charge in [-0.25, -0.2) is 0 Å². The van der Waals surface area contributed by atoms with Gasteiger partial charge in [-0.15, -0.1) is 0 Å². The first-order valence-corrected chi connectivity index (χ1v) is 5.07. The summed E-state index contributed by atoms with van der Waals surface area (Å²) in [6.45, 7) is 2.18. The van der Waals surface area contributed by atoms with Crippen LogP contribution in [0.5, 0.6) is 0 Å². The maximum absolute atomic E-state index is 9.75. The Hall–Kier alpha value is -0.301. The van der Waals surface area contributed by atoms with Gasteiger partial charge in [-0.1, -0.05) is 56.5 Å². The van der Waals surface area contributed by atoms with E-state index in [-0.39, 0.29) is 23.2 Å². The van der Waals surface area contributed by atoms with Crippen LogP contribution in [0.15, 0.2) is 30.3 Å². The molecule has 0 fully saturated rings. The molecule has 0 aromatic heterocycles. The first-order chi connectivity index (χ1) is 6.34. The maximum Gasteiger partial charge on any atom is 0.0790 e. The van der Waals surface area contributed by atoms with Crippen molar-refractivity contribution in [2.75, 3.05) is 0 Å². The van der Waals surface area contributed by atoms with Crippen LogP contribution in [0, 0.1) is 0 Å². The Morgan fingerprint density at radius 3 is 2.36 bits per heavy atom. The maximum atomic E-state index is 9.75. The summed E-state index contributed by atoms with van der Waals surface area (Å²) < 4.78 is 0. The smallest absolute Gasteiger partial charge is 0.0790 e. The molecule has 1 unspecified atom stereocenters. The van der Waals surface area contributed by atoms with E-state index in [0.717, 1.165) is 18.4 Å². The van der Waals surface area contributed by atoms with Crippen LogP contribution in [-0.4, -0.2) is 5.11 Å². The molecule has 1 nitrogen and oxygen atoms in total. The van der Waals surface area contributed by atoms with E-state index in [9.17, 15) is 5.11 Å². The molecule has 1 N–H and O–H groups in total. The van der Waals surface area contributed by atoms with Crippen LogP contribution >= 0.6 is 0 Å². The summed E-state index contributed by atoms with van der Waals surface area (Å²) in [5.41, 5.74) is 1.04. The number of hydrogen-bond acceptors (Lipinski definition) is 1. The number of hydrogen-bond donors (Lipinski definition) is 1. The topological polar surface area (TPSA) is 20.2 Å². The van der Waals surface area contributed by atoms with Gasteiger partial charge in [0.2, 0.25) is 0 Å². The van der Waals surface area contributed by atoms with Crippen LogP contribution in [0.4, 0.5) is 0 Å². The fourth-order valence-electron chi connectivity index (χ4n) is 1.43. The van der Waals surface area contributed by atoms with Gasteiger partial charge in [0.25, 0.3) is 0 Å². The van der Waals surface area contributed by atoms with E-state index in [4.69, 9.17) is 0 Å². The summed E-state index contributed by atoms with van der Waals surface area (Å²) in [5.74, 6) is 0. The summed E-state index contributed by atoms with van der Waals surface area (Å²) >= 11 is 0. The molecule has 1 atom stereocenters. The normalized spacial score (nSPS) is 11.9. The summed E-state index contributed by atoms with van der Waals surface area (Å²) in [6, 6.07) is 9.88. The molecule has 0 heterocycles. The van der Waals surface area contributed by atoms with E-state index in [0.29, 0.717) is 0 Å². The van der Waals surface area contributed by atoms with Gasteiger partial charge in [-0.3, -0.25) is 0 Å². The molecule has 0 spiro atoms. The van der Waals surface area contributed by atoms with Crippen LogP contribution in [0.25, 0.3) is 0 Å². The number of aliphatic hydroxyl groups is 1. The van der Waals surface area contributed by atoms with Crippen molar-refractivity contribution in [3.05, 3.63) is 35.9 Å². The molecule has 0 bridgehead atoms. The van der Waals surface area contributed by atoms with Gasteiger partial charge in [0, 0.05) is 17.1 Å². The fourth-order valence-corrected chi connectivity index (χ4v) is 1.43. The van der Waals surface area contributed by atoms with Crippen molar-refractivity contribution in [2.24, 2.45) is 0 Å². The van der Waals surface area contributed by atoms with Crippen molar-refractivity contribution in [2.45, 2.75) is 38.7 Å². The van der Waals surface area contributed by atoms with Gasteiger partial charge in [0.15, 0.2) is 0 Å². The molecule has 0 aliphatic carbocycles. The third kappa shape index (κ3) is 4.80. The second kappa shape index (κ2) is 8.04. The second-order valence-corrected chi connectivity index (χ2v) is 3.42. The van der Waals surface area contributed by atoms with Crippen molar-refractivity contribution >= 4 is 0 Å². The molecule has 83 valence electrons. The average Bonchev–Trinajstić information content (AvgIpc) is 2.19. The number of unbranched alkanes of at least 4 members (excludes halogenated alkanes) is 2. The molecule has 2 heteroatoms. The van der Waals surface area contributed by atoms with Crippen LogP contribution < -0.4 is 0 Å². The van der Waals surface area contributed by atoms with Gasteiger partial charge >= 0.3 is 0 Å². The Morgan fingerprint density at radius 1 is 1.14 bits per heavy atom. The number of aliphatic hydroxyl groups excluding tert-OH is 1. The first kappa shape index (κ1) is 13.7. The summed E-state index contributed by atoms with van der Waals surface area (Å²) in [6.07, 6.45) is 4.16. The van der Waals surface area contributed by atoms with Crippen molar-refractivity contribution in [3.8, 4) is 0 Å². The number of benzene rings is 1. The molecule has 0 aliphatic heterocycles. The standard InChI is InChI=1S/C12H18O.Cu/c1-2-3-5-10-12(13)11-8-6-4-7-9-11;/h4,6-9,12-13H,2-3,5,10H2,1H3;. The quantitative estimate of drug-likeness (QED) is 0.620. The fraction of sp³-hybridized carbons (Fsp3) is 0.500. The van der Waals surface area contributed by atoms with Crippen LogP contribution in [0.3, 0.4) is 0 Å². The Morgan fingerprint density at radius 2 is 1.79 bits per heavy atom. The molecule has 0 aliphatic rings.